The summed E-state index contributed by atoms with van der Waals surface area (Å²) in [6, 6.07) is 15.7. The number of hydrogen-bond donors (Lipinski definition) is 3. The van der Waals surface area contributed by atoms with Crippen LogP contribution < -0.4 is 10.6 Å². The molecule has 2 aromatic carbocycles. The van der Waals surface area contributed by atoms with Gasteiger partial charge in [-0.05, 0) is 35.1 Å². The van der Waals surface area contributed by atoms with Crippen molar-refractivity contribution in [1.82, 2.24) is 10.6 Å². The van der Waals surface area contributed by atoms with Crippen molar-refractivity contribution < 1.29 is 24.2 Å². The highest BCUT2D eigenvalue weighted by atomic mass is 16.5. The molecule has 0 heterocycles. The number of rotatable bonds is 6. The van der Waals surface area contributed by atoms with Gasteiger partial charge in [0.05, 0.1) is 5.92 Å². The number of carbonyl (C=O) groups excluding carboxylic acids is 2. The SMILES string of the molecule is O=C(CNC(=O)OCC1c2ccccc2-c2ccccc21)N[C@@H]1CCC[C@@H]1C(=O)O. The average Bonchev–Trinajstić information content (AvgIpc) is 3.33. The summed E-state index contributed by atoms with van der Waals surface area (Å²) in [5.41, 5.74) is 4.52. The zero-order valence-corrected chi connectivity index (χ0v) is 16.5. The van der Waals surface area contributed by atoms with E-state index < -0.39 is 23.9 Å². The molecule has 0 aliphatic heterocycles. The van der Waals surface area contributed by atoms with Crippen LogP contribution in [0.25, 0.3) is 11.1 Å². The molecule has 7 nitrogen and oxygen atoms in total. The fourth-order valence-electron chi connectivity index (χ4n) is 4.49. The maximum atomic E-state index is 12.1. The Kier molecular flexibility index (Phi) is 5.70. The zero-order valence-electron chi connectivity index (χ0n) is 16.5. The Balaban J connectivity index is 1.29. The monoisotopic (exact) mass is 408 g/mol. The quantitative estimate of drug-likeness (QED) is 0.682. The fourth-order valence-corrected chi connectivity index (χ4v) is 4.49. The smallest absolute Gasteiger partial charge is 0.407 e. The zero-order chi connectivity index (χ0) is 21.1. The van der Waals surface area contributed by atoms with Gasteiger partial charge in [-0.2, -0.15) is 0 Å². The third kappa shape index (κ3) is 4.01. The van der Waals surface area contributed by atoms with E-state index in [0.717, 1.165) is 28.7 Å². The molecule has 2 aliphatic rings. The molecule has 2 amide bonds. The molecule has 0 saturated heterocycles. The maximum Gasteiger partial charge on any atom is 0.407 e. The number of nitrogens with one attached hydrogen (secondary N) is 2. The minimum absolute atomic E-state index is 0.0493. The van der Waals surface area contributed by atoms with Gasteiger partial charge in [0.25, 0.3) is 0 Å². The second kappa shape index (κ2) is 8.57. The highest BCUT2D eigenvalue weighted by molar-refractivity contribution is 5.83. The maximum absolute atomic E-state index is 12.1. The van der Waals surface area contributed by atoms with E-state index in [4.69, 9.17) is 4.74 Å². The second-order valence-corrected chi connectivity index (χ2v) is 7.73. The van der Waals surface area contributed by atoms with Gasteiger partial charge in [-0.3, -0.25) is 9.59 Å². The van der Waals surface area contributed by atoms with Crippen molar-refractivity contribution in [2.24, 2.45) is 5.92 Å². The lowest BCUT2D eigenvalue weighted by Crippen LogP contribution is -2.45. The van der Waals surface area contributed by atoms with Crippen molar-refractivity contribution in [3.05, 3.63) is 59.7 Å². The number of amides is 2. The number of aliphatic carboxylic acids is 1. The molecular weight excluding hydrogens is 384 g/mol. The third-order valence-corrected chi connectivity index (χ3v) is 5.92. The minimum Gasteiger partial charge on any atom is -0.481 e. The van der Waals surface area contributed by atoms with Crippen LogP contribution in [0, 0.1) is 5.92 Å². The first-order valence-corrected chi connectivity index (χ1v) is 10.2. The van der Waals surface area contributed by atoms with Crippen molar-refractivity contribution in [1.29, 1.82) is 0 Å². The number of benzene rings is 2. The molecule has 2 aromatic rings. The van der Waals surface area contributed by atoms with Gasteiger partial charge in [-0.25, -0.2) is 4.79 Å². The van der Waals surface area contributed by atoms with Gasteiger partial charge in [0.15, 0.2) is 0 Å². The van der Waals surface area contributed by atoms with Crippen LogP contribution in [0.4, 0.5) is 4.79 Å². The van der Waals surface area contributed by atoms with Crippen LogP contribution in [0.15, 0.2) is 48.5 Å². The van der Waals surface area contributed by atoms with Crippen molar-refractivity contribution >= 4 is 18.0 Å². The van der Waals surface area contributed by atoms with E-state index in [1.54, 1.807) is 0 Å². The predicted octanol–water partition coefficient (Wildman–Crippen LogP) is 2.89. The number of alkyl carbamates (subject to hydrolysis) is 1. The number of carbonyl (C=O) groups is 3. The summed E-state index contributed by atoms with van der Waals surface area (Å²) < 4.78 is 5.40. The molecule has 2 atom stereocenters. The van der Waals surface area contributed by atoms with Gasteiger partial charge >= 0.3 is 12.1 Å². The molecule has 30 heavy (non-hydrogen) atoms. The van der Waals surface area contributed by atoms with E-state index >= 15 is 0 Å². The number of fused-ring (bicyclic) bond motifs is 3. The van der Waals surface area contributed by atoms with Gasteiger partial charge < -0.3 is 20.5 Å². The van der Waals surface area contributed by atoms with Crippen LogP contribution >= 0.6 is 0 Å². The predicted molar refractivity (Wildman–Crippen MR) is 110 cm³/mol. The topological polar surface area (TPSA) is 105 Å². The number of carboxylic acid groups (broad SMARTS) is 1. The van der Waals surface area contributed by atoms with Gasteiger partial charge in [0, 0.05) is 12.0 Å². The second-order valence-electron chi connectivity index (χ2n) is 7.73. The fraction of sp³-hybridized carbons (Fsp3) is 0.348. The largest absolute Gasteiger partial charge is 0.481 e. The van der Waals surface area contributed by atoms with E-state index in [1.807, 2.05) is 36.4 Å². The summed E-state index contributed by atoms with van der Waals surface area (Å²) in [5.74, 6) is -1.93. The van der Waals surface area contributed by atoms with Crippen molar-refractivity contribution in [3.8, 4) is 11.1 Å². The number of hydrogen-bond acceptors (Lipinski definition) is 4. The Hall–Kier alpha value is -3.35. The minimum atomic E-state index is -0.901. The summed E-state index contributed by atoms with van der Waals surface area (Å²) >= 11 is 0. The molecule has 1 fully saturated rings. The Morgan fingerprint density at radius 3 is 2.23 bits per heavy atom. The molecule has 0 unspecified atom stereocenters. The standard InChI is InChI=1S/C23H24N2O5/c26-21(25-20-11-5-10-18(20)22(27)28)12-24-23(29)30-13-19-16-8-3-1-6-14(16)15-7-2-4-9-17(15)19/h1-4,6-9,18-20H,5,10-13H2,(H,24,29)(H,25,26)(H,27,28)/t18-,20+/m0/s1. The molecule has 0 bridgehead atoms. The Morgan fingerprint density at radius 2 is 1.60 bits per heavy atom. The van der Waals surface area contributed by atoms with Gasteiger partial charge in [0.1, 0.15) is 13.2 Å². The molecule has 0 spiro atoms. The average molecular weight is 408 g/mol. The number of ether oxygens (including phenoxy) is 1. The highest BCUT2D eigenvalue weighted by Crippen LogP contribution is 2.44. The van der Waals surface area contributed by atoms with E-state index in [0.29, 0.717) is 12.8 Å². The van der Waals surface area contributed by atoms with E-state index in [-0.39, 0.29) is 25.1 Å². The Morgan fingerprint density at radius 1 is 0.967 bits per heavy atom. The van der Waals surface area contributed by atoms with Gasteiger partial charge in [-0.1, -0.05) is 55.0 Å². The number of carboxylic acids is 1. The van der Waals surface area contributed by atoms with Crippen LogP contribution in [-0.4, -0.2) is 42.3 Å². The van der Waals surface area contributed by atoms with Crippen molar-refractivity contribution in [2.45, 2.75) is 31.2 Å². The molecule has 2 aliphatic carbocycles. The first-order chi connectivity index (χ1) is 14.5. The molecule has 156 valence electrons. The lowest BCUT2D eigenvalue weighted by atomic mass is 9.98. The van der Waals surface area contributed by atoms with Crippen LogP contribution in [0.1, 0.15) is 36.3 Å². The molecular formula is C23H24N2O5. The third-order valence-electron chi connectivity index (χ3n) is 5.92. The first-order valence-electron chi connectivity index (χ1n) is 10.2. The molecule has 4 rings (SSSR count). The summed E-state index contributed by atoms with van der Waals surface area (Å²) in [6.07, 6.45) is 1.28. The van der Waals surface area contributed by atoms with Gasteiger partial charge in [0.2, 0.25) is 5.91 Å². The van der Waals surface area contributed by atoms with Gasteiger partial charge in [-0.15, -0.1) is 0 Å². The van der Waals surface area contributed by atoms with Crippen LogP contribution in [0.5, 0.6) is 0 Å². The molecule has 7 heteroatoms. The Labute approximate surface area is 174 Å². The lowest BCUT2D eigenvalue weighted by molar-refractivity contribution is -0.142. The normalized spacial score (nSPS) is 19.6. The summed E-state index contributed by atoms with van der Waals surface area (Å²) in [7, 11) is 0. The van der Waals surface area contributed by atoms with E-state index in [1.165, 1.54) is 0 Å². The summed E-state index contributed by atoms with van der Waals surface area (Å²) in [5, 5.41) is 14.3. The summed E-state index contributed by atoms with van der Waals surface area (Å²) in [6.45, 7) is -0.0787. The van der Waals surface area contributed by atoms with E-state index in [2.05, 4.69) is 22.8 Å². The summed E-state index contributed by atoms with van der Waals surface area (Å²) in [4.78, 5) is 35.4. The van der Waals surface area contributed by atoms with Crippen LogP contribution in [0.2, 0.25) is 0 Å². The van der Waals surface area contributed by atoms with Crippen LogP contribution in [0.3, 0.4) is 0 Å². The van der Waals surface area contributed by atoms with Crippen molar-refractivity contribution in [2.75, 3.05) is 13.2 Å². The molecule has 3 N–H and O–H groups in total. The molecule has 1 saturated carbocycles. The molecule has 0 radical (unpaired) electrons. The first kappa shape index (κ1) is 19.9. The molecule has 0 aromatic heterocycles. The lowest BCUT2D eigenvalue weighted by Gasteiger charge is -2.18. The van der Waals surface area contributed by atoms with E-state index in [9.17, 15) is 19.5 Å². The van der Waals surface area contributed by atoms with Crippen LogP contribution in [-0.2, 0) is 14.3 Å². The van der Waals surface area contributed by atoms with Crippen molar-refractivity contribution in [3.63, 3.8) is 0 Å². The Bertz CT molecular complexity index is 928. The highest BCUT2D eigenvalue weighted by Gasteiger charge is 2.34.